The van der Waals surface area contributed by atoms with Gasteiger partial charge in [0.2, 0.25) is 0 Å². The van der Waals surface area contributed by atoms with Gasteiger partial charge in [-0.3, -0.25) is 0 Å². The number of rotatable bonds is 1. The minimum absolute atomic E-state index is 0.0878. The number of benzene rings is 1. The van der Waals surface area contributed by atoms with Crippen molar-refractivity contribution in [3.63, 3.8) is 0 Å². The van der Waals surface area contributed by atoms with Crippen LogP contribution >= 0.6 is 11.3 Å². The van der Waals surface area contributed by atoms with E-state index in [9.17, 15) is 0 Å². The largest absolute Gasteiger partial charge is 0.359 e. The lowest BCUT2D eigenvalue weighted by Gasteiger charge is -2.28. The Morgan fingerprint density at radius 1 is 1.26 bits per heavy atom. The van der Waals surface area contributed by atoms with Crippen molar-refractivity contribution < 1.29 is 0 Å². The van der Waals surface area contributed by atoms with Crippen LogP contribution in [0.2, 0.25) is 0 Å². The van der Waals surface area contributed by atoms with E-state index in [1.807, 2.05) is 6.92 Å². The average molecular weight is 267 g/mol. The summed E-state index contributed by atoms with van der Waals surface area (Å²) in [7, 11) is 0. The molecular weight excluding hydrogens is 254 g/mol. The van der Waals surface area contributed by atoms with E-state index in [1.54, 1.807) is 11.3 Å². The van der Waals surface area contributed by atoms with E-state index in [-0.39, 0.29) is 6.17 Å². The number of para-hydroxylation sites is 1. The van der Waals surface area contributed by atoms with Gasteiger partial charge in [-0.1, -0.05) is 18.2 Å². The van der Waals surface area contributed by atoms with Gasteiger partial charge >= 0.3 is 0 Å². The monoisotopic (exact) mass is 267 g/mol. The molecule has 1 aliphatic rings. The maximum atomic E-state index is 4.65. The molecule has 1 N–H and O–H groups in total. The van der Waals surface area contributed by atoms with Gasteiger partial charge < -0.3 is 5.32 Å². The molecule has 3 heterocycles. The van der Waals surface area contributed by atoms with Gasteiger partial charge in [-0.05, 0) is 35.9 Å². The first-order chi connectivity index (χ1) is 9.33. The summed E-state index contributed by atoms with van der Waals surface area (Å²) in [6.07, 6.45) is 0.0878. The highest BCUT2D eigenvalue weighted by molar-refractivity contribution is 7.08. The molecule has 1 aliphatic heterocycles. The van der Waals surface area contributed by atoms with E-state index in [1.165, 1.54) is 22.5 Å². The van der Waals surface area contributed by atoms with E-state index in [2.05, 4.69) is 62.3 Å². The Morgan fingerprint density at radius 3 is 3.00 bits per heavy atom. The van der Waals surface area contributed by atoms with Gasteiger partial charge in [-0.2, -0.15) is 16.4 Å². The van der Waals surface area contributed by atoms with E-state index >= 15 is 0 Å². The molecule has 4 heteroatoms. The third-order valence-electron chi connectivity index (χ3n) is 3.46. The zero-order valence-electron chi connectivity index (χ0n) is 10.5. The quantitative estimate of drug-likeness (QED) is 0.725. The van der Waals surface area contributed by atoms with Gasteiger partial charge in [0.15, 0.2) is 0 Å². The fourth-order valence-corrected chi connectivity index (χ4v) is 3.29. The topological polar surface area (TPSA) is 29.9 Å². The van der Waals surface area contributed by atoms with Crippen LogP contribution in [0.25, 0.3) is 11.3 Å². The Bertz CT molecular complexity index is 728. The Morgan fingerprint density at radius 2 is 2.16 bits per heavy atom. The van der Waals surface area contributed by atoms with Crippen molar-refractivity contribution >= 4 is 17.0 Å². The maximum absolute atomic E-state index is 4.65. The molecule has 4 rings (SSSR count). The van der Waals surface area contributed by atoms with E-state index in [0.717, 1.165) is 5.69 Å². The highest BCUT2D eigenvalue weighted by atomic mass is 32.1. The summed E-state index contributed by atoms with van der Waals surface area (Å²) in [4.78, 5) is 0. The fraction of sp³-hybridized carbons (Fsp3) is 0.133. The van der Waals surface area contributed by atoms with Crippen molar-refractivity contribution in [3.8, 4) is 11.3 Å². The molecule has 0 spiro atoms. The molecule has 3 nitrogen and oxygen atoms in total. The first kappa shape index (κ1) is 10.8. The number of hydrogen-bond acceptors (Lipinski definition) is 3. The van der Waals surface area contributed by atoms with Gasteiger partial charge in [0.25, 0.3) is 0 Å². The third-order valence-corrected chi connectivity index (χ3v) is 4.16. The van der Waals surface area contributed by atoms with Crippen LogP contribution in [0.15, 0.2) is 47.2 Å². The van der Waals surface area contributed by atoms with Crippen LogP contribution in [0.1, 0.15) is 17.4 Å². The highest BCUT2D eigenvalue weighted by Crippen LogP contribution is 2.38. The smallest absolute Gasteiger partial charge is 0.148 e. The molecule has 0 saturated carbocycles. The van der Waals surface area contributed by atoms with Crippen molar-refractivity contribution in [2.45, 2.75) is 13.1 Å². The van der Waals surface area contributed by atoms with Crippen molar-refractivity contribution in [1.29, 1.82) is 0 Å². The maximum Gasteiger partial charge on any atom is 0.148 e. The molecule has 0 saturated heterocycles. The van der Waals surface area contributed by atoms with Crippen LogP contribution in [-0.2, 0) is 0 Å². The second-order valence-electron chi connectivity index (χ2n) is 4.76. The fourth-order valence-electron chi connectivity index (χ4n) is 2.61. The third kappa shape index (κ3) is 1.60. The summed E-state index contributed by atoms with van der Waals surface area (Å²) in [6.45, 7) is 2.04. The molecule has 0 fully saturated rings. The summed E-state index contributed by atoms with van der Waals surface area (Å²) in [5, 5.41) is 12.5. The van der Waals surface area contributed by atoms with E-state index in [4.69, 9.17) is 0 Å². The minimum Gasteiger partial charge on any atom is -0.359 e. The minimum atomic E-state index is 0.0878. The predicted molar refractivity (Wildman–Crippen MR) is 78.5 cm³/mol. The number of aromatic nitrogens is 2. The van der Waals surface area contributed by atoms with Crippen LogP contribution in [-0.4, -0.2) is 9.78 Å². The summed E-state index contributed by atoms with van der Waals surface area (Å²) < 4.78 is 2.08. The van der Waals surface area contributed by atoms with Crippen molar-refractivity contribution in [2.75, 3.05) is 5.32 Å². The summed E-state index contributed by atoms with van der Waals surface area (Å²) >= 11 is 1.71. The average Bonchev–Trinajstić information content (AvgIpc) is 3.06. The Balaban J connectivity index is 1.95. The second-order valence-corrected chi connectivity index (χ2v) is 5.54. The molecule has 19 heavy (non-hydrogen) atoms. The molecular formula is C15H13N3S. The normalized spacial score (nSPS) is 16.6. The Kier molecular flexibility index (Phi) is 2.26. The molecule has 0 aliphatic carbocycles. The first-order valence-corrected chi connectivity index (χ1v) is 7.21. The summed E-state index contributed by atoms with van der Waals surface area (Å²) in [5.74, 6) is 0. The van der Waals surface area contributed by atoms with Crippen LogP contribution in [0, 0.1) is 6.92 Å². The van der Waals surface area contributed by atoms with Gasteiger partial charge in [-0.25, -0.2) is 4.68 Å². The van der Waals surface area contributed by atoms with Crippen LogP contribution in [0.4, 0.5) is 5.69 Å². The summed E-state index contributed by atoms with van der Waals surface area (Å²) in [6, 6.07) is 12.7. The lowest BCUT2D eigenvalue weighted by Crippen LogP contribution is -2.25. The molecule has 1 atom stereocenters. The standard InChI is InChI=1S/C15H13N3S/c1-10-8-14-12-4-2-3-5-13(12)16-15(18(14)17-10)11-6-7-19-9-11/h2-9,15-16H,1H3/t15-/m1/s1. The zero-order valence-corrected chi connectivity index (χ0v) is 11.3. The van der Waals surface area contributed by atoms with Crippen LogP contribution in [0.3, 0.4) is 0 Å². The van der Waals surface area contributed by atoms with Crippen LogP contribution in [0.5, 0.6) is 0 Å². The molecule has 2 aromatic heterocycles. The lowest BCUT2D eigenvalue weighted by atomic mass is 10.1. The molecule has 94 valence electrons. The van der Waals surface area contributed by atoms with Crippen molar-refractivity contribution in [2.24, 2.45) is 0 Å². The van der Waals surface area contributed by atoms with Crippen LogP contribution < -0.4 is 5.32 Å². The van der Waals surface area contributed by atoms with E-state index < -0.39 is 0 Å². The number of anilines is 1. The van der Waals surface area contributed by atoms with E-state index in [0.29, 0.717) is 0 Å². The van der Waals surface area contributed by atoms with Crippen molar-refractivity contribution in [3.05, 3.63) is 58.4 Å². The highest BCUT2D eigenvalue weighted by Gasteiger charge is 2.26. The number of thiophene rings is 1. The van der Waals surface area contributed by atoms with Gasteiger partial charge in [0, 0.05) is 16.8 Å². The number of hydrogen-bond donors (Lipinski definition) is 1. The molecule has 0 unspecified atom stereocenters. The lowest BCUT2D eigenvalue weighted by molar-refractivity contribution is 0.572. The molecule has 0 amide bonds. The number of aryl methyl sites for hydroxylation is 1. The molecule has 1 aromatic carbocycles. The van der Waals surface area contributed by atoms with Gasteiger partial charge in [0.05, 0.1) is 11.4 Å². The van der Waals surface area contributed by atoms with Gasteiger partial charge in [0.1, 0.15) is 6.17 Å². The molecule has 0 bridgehead atoms. The van der Waals surface area contributed by atoms with Gasteiger partial charge in [-0.15, -0.1) is 0 Å². The second kappa shape index (κ2) is 3.96. The van der Waals surface area contributed by atoms with Crippen molar-refractivity contribution in [1.82, 2.24) is 9.78 Å². The number of nitrogens with one attached hydrogen (secondary N) is 1. The number of nitrogens with zero attached hydrogens (tertiary/aromatic N) is 2. The number of fused-ring (bicyclic) bond motifs is 3. The molecule has 0 radical (unpaired) electrons. The summed E-state index contributed by atoms with van der Waals surface area (Å²) in [5.41, 5.74) is 5.88. The first-order valence-electron chi connectivity index (χ1n) is 6.27. The zero-order chi connectivity index (χ0) is 12.8. The Hall–Kier alpha value is -2.07. The SMILES string of the molecule is Cc1cc2n(n1)[C@H](c1ccsc1)Nc1ccccc1-2. The predicted octanol–water partition coefficient (Wildman–Crippen LogP) is 3.89. The Labute approximate surface area is 115 Å². The molecule has 3 aromatic rings.